The smallest absolute Gasteiger partial charge is 0.181 e. The first-order chi connectivity index (χ1) is 7.70. The second-order valence-corrected chi connectivity index (χ2v) is 5.35. The molecule has 100 valence electrons. The Hall–Kier alpha value is -0.240. The molecular weight excluding hydrogens is 228 g/mol. The highest BCUT2D eigenvalue weighted by atomic mass is 16.8. The Morgan fingerprint density at radius 1 is 1.00 bits per heavy atom. The lowest BCUT2D eigenvalue weighted by atomic mass is 10.1. The molecule has 2 N–H and O–H groups in total. The molecule has 0 bridgehead atoms. The predicted molar refractivity (Wildman–Crippen MR) is 57.0 cm³/mol. The maximum absolute atomic E-state index is 9.30. The molecule has 6 nitrogen and oxygen atoms in total. The highest BCUT2D eigenvalue weighted by molar-refractivity contribution is 4.91. The summed E-state index contributed by atoms with van der Waals surface area (Å²) in [6, 6.07) is 0. The van der Waals surface area contributed by atoms with Crippen LogP contribution in [-0.4, -0.2) is 53.0 Å². The first-order valence-corrected chi connectivity index (χ1v) is 5.74. The van der Waals surface area contributed by atoms with E-state index in [1.807, 2.05) is 0 Å². The zero-order chi connectivity index (χ0) is 12.8. The van der Waals surface area contributed by atoms with Crippen molar-refractivity contribution in [2.24, 2.45) is 0 Å². The van der Waals surface area contributed by atoms with E-state index in [1.54, 1.807) is 27.7 Å². The van der Waals surface area contributed by atoms with Crippen LogP contribution in [-0.2, 0) is 18.9 Å². The molecule has 6 heteroatoms. The molecule has 0 spiro atoms. The number of rotatable bonds is 2. The highest BCUT2D eigenvalue weighted by Gasteiger charge is 2.51. The predicted octanol–water partition coefficient (Wildman–Crippen LogP) is -0.0313. The van der Waals surface area contributed by atoms with Gasteiger partial charge in [0.05, 0.1) is 6.61 Å². The Bertz CT molecular complexity index is 288. The summed E-state index contributed by atoms with van der Waals surface area (Å²) in [5.74, 6) is -1.53. The third-order valence-corrected chi connectivity index (χ3v) is 2.85. The lowest BCUT2D eigenvalue weighted by molar-refractivity contribution is -0.183. The molecule has 2 heterocycles. The van der Waals surface area contributed by atoms with E-state index in [-0.39, 0.29) is 6.10 Å². The third-order valence-electron chi connectivity index (χ3n) is 2.85. The minimum atomic E-state index is -1.60. The fraction of sp³-hybridized carbons (Fsp3) is 1.00. The van der Waals surface area contributed by atoms with Gasteiger partial charge in [-0.15, -0.1) is 0 Å². The molecule has 0 unspecified atom stereocenters. The Morgan fingerprint density at radius 3 is 2.12 bits per heavy atom. The molecule has 3 atom stereocenters. The van der Waals surface area contributed by atoms with Crippen molar-refractivity contribution in [1.29, 1.82) is 0 Å². The maximum Gasteiger partial charge on any atom is 0.181 e. The summed E-state index contributed by atoms with van der Waals surface area (Å²) in [5, 5.41) is 18.6. The van der Waals surface area contributed by atoms with Crippen LogP contribution in [0, 0.1) is 0 Å². The van der Waals surface area contributed by atoms with Gasteiger partial charge in [-0.3, -0.25) is 0 Å². The van der Waals surface area contributed by atoms with E-state index in [0.29, 0.717) is 6.61 Å². The van der Waals surface area contributed by atoms with Gasteiger partial charge in [0.2, 0.25) is 0 Å². The van der Waals surface area contributed by atoms with Gasteiger partial charge in [0, 0.05) is 0 Å². The average Bonchev–Trinajstić information content (AvgIpc) is 2.66. The van der Waals surface area contributed by atoms with E-state index in [2.05, 4.69) is 0 Å². The molecule has 0 aliphatic carbocycles. The van der Waals surface area contributed by atoms with Gasteiger partial charge in [0.15, 0.2) is 17.9 Å². The standard InChI is InChI=1S/C11H20O6/c1-10(2)14-5-6(15-10)7-8(9(12)13)17-11(3,4)16-7/h6-9,12-13H,5H2,1-4H3/t6-,7+,8-/m1/s1. The van der Waals surface area contributed by atoms with Crippen LogP contribution in [0.5, 0.6) is 0 Å². The molecule has 0 aromatic rings. The van der Waals surface area contributed by atoms with E-state index in [9.17, 15) is 10.2 Å². The third kappa shape index (κ3) is 2.78. The van der Waals surface area contributed by atoms with Gasteiger partial charge in [0.25, 0.3) is 0 Å². The summed E-state index contributed by atoms with van der Waals surface area (Å²) in [4.78, 5) is 0. The maximum atomic E-state index is 9.30. The summed E-state index contributed by atoms with van der Waals surface area (Å²) >= 11 is 0. The van der Waals surface area contributed by atoms with Crippen LogP contribution < -0.4 is 0 Å². The molecule has 2 fully saturated rings. The van der Waals surface area contributed by atoms with Gasteiger partial charge in [-0.05, 0) is 27.7 Å². The van der Waals surface area contributed by atoms with E-state index in [1.165, 1.54) is 0 Å². The van der Waals surface area contributed by atoms with Gasteiger partial charge in [-0.25, -0.2) is 0 Å². The van der Waals surface area contributed by atoms with Crippen molar-refractivity contribution in [3.63, 3.8) is 0 Å². The fourth-order valence-electron chi connectivity index (χ4n) is 2.21. The number of hydrogen-bond acceptors (Lipinski definition) is 6. The molecule has 0 saturated carbocycles. The number of aliphatic hydroxyl groups excluding tert-OH is 1. The van der Waals surface area contributed by atoms with Crippen LogP contribution in [0.25, 0.3) is 0 Å². The quantitative estimate of drug-likeness (QED) is 0.668. The second-order valence-electron chi connectivity index (χ2n) is 5.35. The largest absolute Gasteiger partial charge is 0.366 e. The van der Waals surface area contributed by atoms with Crippen molar-refractivity contribution >= 4 is 0 Å². The van der Waals surface area contributed by atoms with Crippen molar-refractivity contribution in [2.45, 2.75) is 63.9 Å². The second kappa shape index (κ2) is 4.15. The van der Waals surface area contributed by atoms with Crippen molar-refractivity contribution in [3.05, 3.63) is 0 Å². The van der Waals surface area contributed by atoms with Gasteiger partial charge in [-0.1, -0.05) is 0 Å². The molecule has 2 aliphatic rings. The van der Waals surface area contributed by atoms with Crippen molar-refractivity contribution < 1.29 is 29.2 Å². The Kier molecular flexibility index (Phi) is 3.22. The van der Waals surface area contributed by atoms with Crippen LogP contribution in [0.3, 0.4) is 0 Å². The molecule has 0 aromatic carbocycles. The van der Waals surface area contributed by atoms with Crippen LogP contribution >= 0.6 is 0 Å². The topological polar surface area (TPSA) is 77.4 Å². The van der Waals surface area contributed by atoms with Crippen LogP contribution in [0.2, 0.25) is 0 Å². The zero-order valence-electron chi connectivity index (χ0n) is 10.5. The SMILES string of the molecule is CC1(C)OC[C@H]([C@@H]2OC(C)(C)O[C@H]2C(O)O)O1. The molecule has 0 amide bonds. The van der Waals surface area contributed by atoms with Gasteiger partial charge in [0.1, 0.15) is 18.3 Å². The van der Waals surface area contributed by atoms with E-state index in [4.69, 9.17) is 18.9 Å². The molecular formula is C11H20O6. The Labute approximate surface area is 100 Å². The molecule has 2 aliphatic heterocycles. The first kappa shape index (κ1) is 13.2. The lowest BCUT2D eigenvalue weighted by Gasteiger charge is -2.24. The van der Waals surface area contributed by atoms with Crippen LogP contribution in [0.15, 0.2) is 0 Å². The molecule has 0 radical (unpaired) electrons. The highest BCUT2D eigenvalue weighted by Crippen LogP contribution is 2.36. The van der Waals surface area contributed by atoms with E-state index in [0.717, 1.165) is 0 Å². The molecule has 2 rings (SSSR count). The summed E-state index contributed by atoms with van der Waals surface area (Å²) in [7, 11) is 0. The monoisotopic (exact) mass is 248 g/mol. The van der Waals surface area contributed by atoms with Gasteiger partial charge >= 0.3 is 0 Å². The number of ether oxygens (including phenoxy) is 4. The number of hydrogen-bond donors (Lipinski definition) is 2. The summed E-state index contributed by atoms with van der Waals surface area (Å²) in [6.45, 7) is 7.41. The van der Waals surface area contributed by atoms with Crippen LogP contribution in [0.4, 0.5) is 0 Å². The molecule has 2 saturated heterocycles. The Balaban J connectivity index is 2.09. The van der Waals surface area contributed by atoms with Crippen molar-refractivity contribution in [1.82, 2.24) is 0 Å². The van der Waals surface area contributed by atoms with Crippen LogP contribution in [0.1, 0.15) is 27.7 Å². The van der Waals surface area contributed by atoms with E-state index < -0.39 is 30.1 Å². The zero-order valence-corrected chi connectivity index (χ0v) is 10.5. The first-order valence-electron chi connectivity index (χ1n) is 5.74. The Morgan fingerprint density at radius 2 is 1.65 bits per heavy atom. The minimum Gasteiger partial charge on any atom is -0.366 e. The molecule has 17 heavy (non-hydrogen) atoms. The summed E-state index contributed by atoms with van der Waals surface area (Å²) in [5.41, 5.74) is 0. The van der Waals surface area contributed by atoms with Gasteiger partial charge in [-0.2, -0.15) is 0 Å². The van der Waals surface area contributed by atoms with E-state index >= 15 is 0 Å². The normalized spacial score (nSPS) is 40.1. The fourth-order valence-corrected chi connectivity index (χ4v) is 2.21. The minimum absolute atomic E-state index is 0.348. The average molecular weight is 248 g/mol. The summed E-state index contributed by atoms with van der Waals surface area (Å²) in [6.07, 6.45) is -3.34. The van der Waals surface area contributed by atoms with Crippen molar-refractivity contribution in [2.75, 3.05) is 6.61 Å². The van der Waals surface area contributed by atoms with Crippen molar-refractivity contribution in [3.8, 4) is 0 Å². The van der Waals surface area contributed by atoms with Gasteiger partial charge < -0.3 is 29.2 Å². The lowest BCUT2D eigenvalue weighted by Crippen LogP contribution is -2.43. The summed E-state index contributed by atoms with van der Waals surface area (Å²) < 4.78 is 22.2. The molecule has 0 aromatic heterocycles. The number of aliphatic hydroxyl groups is 2.